The van der Waals surface area contributed by atoms with Crippen molar-refractivity contribution in [3.8, 4) is 0 Å². The molecule has 1 aromatic rings. The fourth-order valence-electron chi connectivity index (χ4n) is 2.36. The predicted molar refractivity (Wildman–Crippen MR) is 71.3 cm³/mol. The van der Waals surface area contributed by atoms with E-state index in [4.69, 9.17) is 0 Å². The number of carbonyl (C=O) groups excluding carboxylic acids is 1. The predicted octanol–water partition coefficient (Wildman–Crippen LogP) is 1.75. The molecule has 17 heavy (non-hydrogen) atoms. The molecule has 0 aromatic carbocycles. The Kier molecular flexibility index (Phi) is 4.57. The van der Waals surface area contributed by atoms with Gasteiger partial charge in [0.15, 0.2) is 0 Å². The third-order valence-corrected chi connectivity index (χ3v) is 4.07. The van der Waals surface area contributed by atoms with Crippen LogP contribution in [0.1, 0.15) is 18.4 Å². The van der Waals surface area contributed by atoms with Crippen molar-refractivity contribution >= 4 is 17.2 Å². The number of nitrogens with one attached hydrogen (secondary N) is 1. The molecule has 0 aliphatic carbocycles. The largest absolute Gasteiger partial charge is 0.342 e. The highest BCUT2D eigenvalue weighted by molar-refractivity contribution is 7.07. The summed E-state index contributed by atoms with van der Waals surface area (Å²) in [5.74, 6) is 0.958. The first kappa shape index (κ1) is 12.6. The lowest BCUT2D eigenvalue weighted by molar-refractivity contribution is -0.130. The lowest BCUT2D eigenvalue weighted by Crippen LogP contribution is -2.30. The molecule has 0 spiro atoms. The van der Waals surface area contributed by atoms with Gasteiger partial charge in [-0.15, -0.1) is 0 Å². The van der Waals surface area contributed by atoms with Gasteiger partial charge in [0.2, 0.25) is 5.91 Å². The van der Waals surface area contributed by atoms with E-state index in [1.165, 1.54) is 5.56 Å². The monoisotopic (exact) mass is 252 g/mol. The highest BCUT2D eigenvalue weighted by atomic mass is 32.1. The number of hydrogen-bond donors (Lipinski definition) is 1. The number of likely N-dealkylation sites (tertiary alicyclic amines) is 1. The van der Waals surface area contributed by atoms with E-state index in [1.807, 2.05) is 11.9 Å². The van der Waals surface area contributed by atoms with Crippen molar-refractivity contribution in [3.63, 3.8) is 0 Å². The number of thiophene rings is 1. The van der Waals surface area contributed by atoms with Crippen LogP contribution >= 0.6 is 11.3 Å². The minimum absolute atomic E-state index is 0.315. The first-order valence-electron chi connectivity index (χ1n) is 6.23. The van der Waals surface area contributed by atoms with Crippen molar-refractivity contribution in [1.82, 2.24) is 10.2 Å². The first-order valence-corrected chi connectivity index (χ1v) is 7.17. The van der Waals surface area contributed by atoms with Crippen molar-refractivity contribution in [2.75, 3.05) is 26.7 Å². The van der Waals surface area contributed by atoms with Gasteiger partial charge in [0.1, 0.15) is 0 Å². The van der Waals surface area contributed by atoms with Crippen LogP contribution in [0.5, 0.6) is 0 Å². The second-order valence-corrected chi connectivity index (χ2v) is 5.46. The molecule has 1 N–H and O–H groups in total. The maximum Gasteiger partial charge on any atom is 0.222 e. The lowest BCUT2D eigenvalue weighted by Gasteiger charge is -2.16. The average molecular weight is 252 g/mol. The molecular weight excluding hydrogens is 232 g/mol. The van der Waals surface area contributed by atoms with Crippen LogP contribution in [0, 0.1) is 5.92 Å². The zero-order chi connectivity index (χ0) is 12.1. The summed E-state index contributed by atoms with van der Waals surface area (Å²) in [6, 6.07) is 2.10. The van der Waals surface area contributed by atoms with Crippen LogP contribution in [-0.2, 0) is 11.2 Å². The highest BCUT2D eigenvalue weighted by Gasteiger charge is 2.25. The fraction of sp³-hybridized carbons (Fsp3) is 0.615. The molecule has 94 valence electrons. The molecule has 4 heteroatoms. The Labute approximate surface area is 107 Å². The van der Waals surface area contributed by atoms with Crippen molar-refractivity contribution in [1.29, 1.82) is 0 Å². The molecule has 3 nitrogen and oxygen atoms in total. The quantitative estimate of drug-likeness (QED) is 0.866. The summed E-state index contributed by atoms with van der Waals surface area (Å²) in [6.45, 7) is 2.90. The average Bonchev–Trinajstić information content (AvgIpc) is 2.97. The molecule has 1 atom stereocenters. The van der Waals surface area contributed by atoms with E-state index in [0.29, 0.717) is 18.2 Å². The van der Waals surface area contributed by atoms with E-state index in [2.05, 4.69) is 22.1 Å². The number of hydrogen-bond acceptors (Lipinski definition) is 3. The molecule has 1 aliphatic heterocycles. The fourth-order valence-corrected chi connectivity index (χ4v) is 3.06. The maximum atomic E-state index is 12.0. The number of amides is 1. The summed E-state index contributed by atoms with van der Waals surface area (Å²) in [4.78, 5) is 14.0. The standard InChI is InChI=1S/C13H20N2OS/c1-14-8-12-4-6-15(9-12)13(16)3-2-11-5-7-17-10-11/h5,7,10,12,14H,2-4,6,8-9H2,1H3. The third kappa shape index (κ3) is 3.54. The topological polar surface area (TPSA) is 32.3 Å². The number of rotatable bonds is 5. The highest BCUT2D eigenvalue weighted by Crippen LogP contribution is 2.17. The van der Waals surface area contributed by atoms with E-state index in [-0.39, 0.29) is 0 Å². The number of carbonyl (C=O) groups is 1. The Bertz CT molecular complexity index is 350. The lowest BCUT2D eigenvalue weighted by atomic mass is 10.1. The van der Waals surface area contributed by atoms with Gasteiger partial charge in [-0.05, 0) is 54.7 Å². The van der Waals surface area contributed by atoms with Gasteiger partial charge < -0.3 is 10.2 Å². The van der Waals surface area contributed by atoms with Crippen LogP contribution in [0.15, 0.2) is 16.8 Å². The van der Waals surface area contributed by atoms with Crippen molar-refractivity contribution in [2.45, 2.75) is 19.3 Å². The second kappa shape index (κ2) is 6.17. The molecule has 1 unspecified atom stereocenters. The van der Waals surface area contributed by atoms with E-state index in [0.717, 1.165) is 32.5 Å². The van der Waals surface area contributed by atoms with Crippen molar-refractivity contribution in [2.24, 2.45) is 5.92 Å². The smallest absolute Gasteiger partial charge is 0.222 e. The minimum atomic E-state index is 0.315. The van der Waals surface area contributed by atoms with E-state index in [1.54, 1.807) is 11.3 Å². The van der Waals surface area contributed by atoms with Crippen LogP contribution in [0.2, 0.25) is 0 Å². The summed E-state index contributed by atoms with van der Waals surface area (Å²) >= 11 is 1.70. The van der Waals surface area contributed by atoms with Crippen LogP contribution in [-0.4, -0.2) is 37.5 Å². The van der Waals surface area contributed by atoms with Gasteiger partial charge in [-0.3, -0.25) is 4.79 Å². The Hall–Kier alpha value is -0.870. The van der Waals surface area contributed by atoms with Crippen LogP contribution in [0.4, 0.5) is 0 Å². The molecule has 0 saturated carbocycles. The summed E-state index contributed by atoms with van der Waals surface area (Å²) in [5, 5.41) is 7.38. The Morgan fingerprint density at radius 2 is 2.53 bits per heavy atom. The first-order chi connectivity index (χ1) is 8.29. The molecule has 2 heterocycles. The van der Waals surface area contributed by atoms with Gasteiger partial charge in [0.25, 0.3) is 0 Å². The van der Waals surface area contributed by atoms with Crippen molar-refractivity contribution < 1.29 is 4.79 Å². The van der Waals surface area contributed by atoms with Gasteiger partial charge in [0, 0.05) is 19.5 Å². The molecule has 1 fully saturated rings. The van der Waals surface area contributed by atoms with Crippen LogP contribution in [0.25, 0.3) is 0 Å². The molecule has 1 saturated heterocycles. The number of aryl methyl sites for hydroxylation is 1. The summed E-state index contributed by atoms with van der Waals surface area (Å²) < 4.78 is 0. The van der Waals surface area contributed by atoms with Gasteiger partial charge in [-0.2, -0.15) is 11.3 Å². The summed E-state index contributed by atoms with van der Waals surface area (Å²) in [5.41, 5.74) is 1.29. The van der Waals surface area contributed by atoms with Gasteiger partial charge >= 0.3 is 0 Å². The zero-order valence-electron chi connectivity index (χ0n) is 10.3. The third-order valence-electron chi connectivity index (χ3n) is 3.34. The van der Waals surface area contributed by atoms with E-state index in [9.17, 15) is 4.79 Å². The summed E-state index contributed by atoms with van der Waals surface area (Å²) in [6.07, 6.45) is 2.68. The zero-order valence-corrected chi connectivity index (χ0v) is 11.1. The van der Waals surface area contributed by atoms with Crippen molar-refractivity contribution in [3.05, 3.63) is 22.4 Å². The van der Waals surface area contributed by atoms with Gasteiger partial charge in [0.05, 0.1) is 0 Å². The molecule has 0 bridgehead atoms. The molecule has 1 aromatic heterocycles. The minimum Gasteiger partial charge on any atom is -0.342 e. The van der Waals surface area contributed by atoms with Gasteiger partial charge in [-0.25, -0.2) is 0 Å². The second-order valence-electron chi connectivity index (χ2n) is 4.68. The summed E-state index contributed by atoms with van der Waals surface area (Å²) in [7, 11) is 1.97. The SMILES string of the molecule is CNCC1CCN(C(=O)CCc2ccsc2)C1. The van der Waals surface area contributed by atoms with E-state index >= 15 is 0 Å². The Morgan fingerprint density at radius 3 is 3.24 bits per heavy atom. The molecule has 1 amide bonds. The van der Waals surface area contributed by atoms with E-state index < -0.39 is 0 Å². The molecule has 0 radical (unpaired) electrons. The van der Waals surface area contributed by atoms with Crippen LogP contribution in [0.3, 0.4) is 0 Å². The van der Waals surface area contributed by atoms with Crippen LogP contribution < -0.4 is 5.32 Å². The molecular formula is C13H20N2OS. The Balaban J connectivity index is 1.73. The maximum absolute atomic E-state index is 12.0. The molecule has 2 rings (SSSR count). The normalized spacial score (nSPS) is 19.8. The number of nitrogens with zero attached hydrogens (tertiary/aromatic N) is 1. The van der Waals surface area contributed by atoms with Gasteiger partial charge in [-0.1, -0.05) is 0 Å². The molecule has 1 aliphatic rings. The Morgan fingerprint density at radius 1 is 1.65 bits per heavy atom.